The molecule has 2 aliphatic carbocycles. The maximum atomic E-state index is 11.6. The lowest BCUT2D eigenvalue weighted by atomic mass is 9.74. The van der Waals surface area contributed by atoms with Gasteiger partial charge in [0.1, 0.15) is 6.10 Å². The number of rotatable bonds is 1. The first kappa shape index (κ1) is 7.84. The average Bonchev–Trinajstić information content (AvgIpc) is 2.60. The second-order valence-electron chi connectivity index (χ2n) is 5.22. The molecule has 0 radical (unpaired) electrons. The van der Waals surface area contributed by atoms with Gasteiger partial charge in [0.25, 0.3) is 0 Å². The predicted octanol–water partition coefficient (Wildman–Crippen LogP) is 1.84. The number of esters is 1. The third-order valence-electron chi connectivity index (χ3n) is 4.32. The predicted molar refractivity (Wildman–Crippen MR) is 47.9 cm³/mol. The van der Waals surface area contributed by atoms with Crippen molar-refractivity contribution in [2.45, 2.75) is 32.8 Å². The van der Waals surface area contributed by atoms with Crippen molar-refractivity contribution < 1.29 is 9.53 Å². The summed E-state index contributed by atoms with van der Waals surface area (Å²) >= 11 is 0. The van der Waals surface area contributed by atoms with E-state index in [2.05, 4.69) is 13.8 Å². The van der Waals surface area contributed by atoms with Gasteiger partial charge >= 0.3 is 5.97 Å². The largest absolute Gasteiger partial charge is 0.462 e. The zero-order valence-electron chi connectivity index (χ0n) is 8.19. The molecule has 1 aliphatic heterocycles. The van der Waals surface area contributed by atoms with E-state index in [0.29, 0.717) is 23.9 Å². The Bertz CT molecular complexity index is 257. The normalized spacial score (nSPS) is 51.9. The van der Waals surface area contributed by atoms with Gasteiger partial charge in [0.15, 0.2) is 0 Å². The van der Waals surface area contributed by atoms with Crippen LogP contribution in [0.1, 0.15) is 26.7 Å². The molecular formula is C11H16O2. The number of hydrogen-bond acceptors (Lipinski definition) is 2. The summed E-state index contributed by atoms with van der Waals surface area (Å²) in [5.41, 5.74) is 0. The fourth-order valence-corrected chi connectivity index (χ4v) is 4.00. The fourth-order valence-electron chi connectivity index (χ4n) is 4.00. The molecule has 5 atom stereocenters. The Balaban J connectivity index is 1.97. The van der Waals surface area contributed by atoms with Gasteiger partial charge in [-0.1, -0.05) is 13.8 Å². The van der Waals surface area contributed by atoms with Gasteiger partial charge < -0.3 is 4.74 Å². The van der Waals surface area contributed by atoms with E-state index in [4.69, 9.17) is 4.74 Å². The maximum absolute atomic E-state index is 11.6. The monoisotopic (exact) mass is 180 g/mol. The van der Waals surface area contributed by atoms with E-state index in [1.807, 2.05) is 0 Å². The van der Waals surface area contributed by atoms with Crippen molar-refractivity contribution in [3.63, 3.8) is 0 Å². The smallest absolute Gasteiger partial charge is 0.309 e. The Morgan fingerprint density at radius 1 is 1.38 bits per heavy atom. The molecule has 0 spiro atoms. The molecule has 2 bridgehead atoms. The van der Waals surface area contributed by atoms with Gasteiger partial charge in [-0.25, -0.2) is 0 Å². The highest BCUT2D eigenvalue weighted by Gasteiger charge is 2.62. The molecule has 2 saturated carbocycles. The number of carbonyl (C=O) groups excluding carboxylic acids is 1. The molecular weight excluding hydrogens is 164 g/mol. The van der Waals surface area contributed by atoms with Crippen molar-refractivity contribution in [3.8, 4) is 0 Å². The Hall–Kier alpha value is -0.530. The van der Waals surface area contributed by atoms with Crippen LogP contribution in [0, 0.1) is 29.6 Å². The van der Waals surface area contributed by atoms with Crippen LogP contribution in [0.25, 0.3) is 0 Å². The molecule has 13 heavy (non-hydrogen) atoms. The van der Waals surface area contributed by atoms with E-state index in [0.717, 1.165) is 12.3 Å². The molecule has 72 valence electrons. The summed E-state index contributed by atoms with van der Waals surface area (Å²) in [6.45, 7) is 4.48. The molecule has 0 N–H and O–H groups in total. The molecule has 0 amide bonds. The lowest BCUT2D eigenvalue weighted by Gasteiger charge is -2.27. The van der Waals surface area contributed by atoms with E-state index < -0.39 is 0 Å². The van der Waals surface area contributed by atoms with Crippen molar-refractivity contribution >= 4 is 5.97 Å². The van der Waals surface area contributed by atoms with Crippen molar-refractivity contribution in [3.05, 3.63) is 0 Å². The third-order valence-corrected chi connectivity index (χ3v) is 4.32. The molecule has 3 fully saturated rings. The van der Waals surface area contributed by atoms with Crippen LogP contribution in [-0.4, -0.2) is 12.1 Å². The highest BCUT2D eigenvalue weighted by Crippen LogP contribution is 2.59. The molecule has 0 aromatic heterocycles. The molecule has 3 aliphatic rings. The fraction of sp³-hybridized carbons (Fsp3) is 0.909. The van der Waals surface area contributed by atoms with Gasteiger partial charge in [0.05, 0.1) is 5.92 Å². The summed E-state index contributed by atoms with van der Waals surface area (Å²) in [6, 6.07) is 0. The number of carbonyl (C=O) groups is 1. The van der Waals surface area contributed by atoms with Crippen molar-refractivity contribution in [1.82, 2.24) is 0 Å². The van der Waals surface area contributed by atoms with E-state index in [9.17, 15) is 4.79 Å². The Morgan fingerprint density at radius 3 is 2.85 bits per heavy atom. The average molecular weight is 180 g/mol. The van der Waals surface area contributed by atoms with Gasteiger partial charge in [0, 0.05) is 5.92 Å². The molecule has 5 unspecified atom stereocenters. The lowest BCUT2D eigenvalue weighted by molar-refractivity contribution is -0.144. The van der Waals surface area contributed by atoms with Gasteiger partial charge in [-0.05, 0) is 30.6 Å². The number of hydrogen-bond donors (Lipinski definition) is 0. The highest BCUT2D eigenvalue weighted by molar-refractivity contribution is 5.77. The Labute approximate surface area is 78.6 Å². The van der Waals surface area contributed by atoms with Crippen LogP contribution in [0.3, 0.4) is 0 Å². The number of fused-ring (bicyclic) bond motifs is 1. The molecule has 3 rings (SSSR count). The lowest BCUT2D eigenvalue weighted by Crippen LogP contribution is -2.29. The minimum Gasteiger partial charge on any atom is -0.462 e. The van der Waals surface area contributed by atoms with E-state index in [-0.39, 0.29) is 11.9 Å². The summed E-state index contributed by atoms with van der Waals surface area (Å²) < 4.78 is 5.38. The molecule has 0 aromatic carbocycles. The summed E-state index contributed by atoms with van der Waals surface area (Å²) in [4.78, 5) is 11.6. The first-order chi connectivity index (χ1) is 6.18. The van der Waals surface area contributed by atoms with Crippen LogP contribution in [0.5, 0.6) is 0 Å². The summed E-state index contributed by atoms with van der Waals surface area (Å²) in [6.07, 6.45) is 2.71. The van der Waals surface area contributed by atoms with Crippen LogP contribution in [0.15, 0.2) is 0 Å². The van der Waals surface area contributed by atoms with Crippen molar-refractivity contribution in [2.75, 3.05) is 0 Å². The minimum absolute atomic E-state index is 0.105. The SMILES string of the molecule is CC(C)C1C2CC3OC(=O)C1C3C2. The molecule has 0 aromatic rings. The Morgan fingerprint density at radius 2 is 2.15 bits per heavy atom. The molecule has 1 saturated heterocycles. The quantitative estimate of drug-likeness (QED) is 0.575. The summed E-state index contributed by atoms with van der Waals surface area (Å²) in [5.74, 6) is 3.01. The van der Waals surface area contributed by atoms with Crippen LogP contribution >= 0.6 is 0 Å². The topological polar surface area (TPSA) is 26.3 Å². The Kier molecular flexibility index (Phi) is 1.38. The van der Waals surface area contributed by atoms with E-state index in [1.165, 1.54) is 6.42 Å². The summed E-state index contributed by atoms with van der Waals surface area (Å²) in [5, 5.41) is 0. The van der Waals surface area contributed by atoms with Gasteiger partial charge in [0.2, 0.25) is 0 Å². The van der Waals surface area contributed by atoms with Crippen molar-refractivity contribution in [1.29, 1.82) is 0 Å². The van der Waals surface area contributed by atoms with E-state index in [1.54, 1.807) is 0 Å². The van der Waals surface area contributed by atoms with Gasteiger partial charge in [-0.15, -0.1) is 0 Å². The molecule has 2 nitrogen and oxygen atoms in total. The second kappa shape index (κ2) is 2.28. The standard InChI is InChI=1S/C11H16O2/c1-5(2)9-6-3-7-8(4-6)13-11(12)10(7)9/h5-10H,3-4H2,1-2H3. The highest BCUT2D eigenvalue weighted by atomic mass is 16.6. The van der Waals surface area contributed by atoms with Crippen molar-refractivity contribution in [2.24, 2.45) is 29.6 Å². The minimum atomic E-state index is 0.105. The van der Waals surface area contributed by atoms with Crippen LogP contribution < -0.4 is 0 Å². The maximum Gasteiger partial charge on any atom is 0.309 e. The molecule has 1 heterocycles. The second-order valence-corrected chi connectivity index (χ2v) is 5.22. The first-order valence-electron chi connectivity index (χ1n) is 5.39. The number of ether oxygens (including phenoxy) is 1. The zero-order chi connectivity index (χ0) is 9.16. The third kappa shape index (κ3) is 0.818. The van der Waals surface area contributed by atoms with Crippen LogP contribution in [-0.2, 0) is 9.53 Å². The van der Waals surface area contributed by atoms with Gasteiger partial charge in [-0.2, -0.15) is 0 Å². The van der Waals surface area contributed by atoms with Crippen LogP contribution in [0.2, 0.25) is 0 Å². The van der Waals surface area contributed by atoms with E-state index >= 15 is 0 Å². The van der Waals surface area contributed by atoms with Crippen LogP contribution in [0.4, 0.5) is 0 Å². The first-order valence-corrected chi connectivity index (χ1v) is 5.39. The zero-order valence-corrected chi connectivity index (χ0v) is 8.19. The molecule has 2 heteroatoms. The summed E-state index contributed by atoms with van der Waals surface area (Å²) in [7, 11) is 0. The van der Waals surface area contributed by atoms with Gasteiger partial charge in [-0.3, -0.25) is 4.79 Å².